The molecule has 0 atom stereocenters. The predicted molar refractivity (Wildman–Crippen MR) is 116 cm³/mol. The summed E-state index contributed by atoms with van der Waals surface area (Å²) in [4.78, 5) is 23.1. The van der Waals surface area contributed by atoms with Gasteiger partial charge in [-0.1, -0.05) is 17.7 Å². The number of pyridine rings is 1. The van der Waals surface area contributed by atoms with E-state index in [1.807, 2.05) is 23.1 Å². The van der Waals surface area contributed by atoms with Crippen molar-refractivity contribution in [2.24, 2.45) is 10.7 Å². The summed E-state index contributed by atoms with van der Waals surface area (Å²) in [7, 11) is 0. The van der Waals surface area contributed by atoms with E-state index in [0.717, 1.165) is 53.7 Å². The number of piperidine rings is 1. The molecule has 152 valence electrons. The van der Waals surface area contributed by atoms with Gasteiger partial charge in [-0.2, -0.15) is 0 Å². The molecule has 2 saturated heterocycles. The molecule has 1 aromatic heterocycles. The zero-order chi connectivity index (χ0) is 20.4. The number of carbonyl (C=O) groups excluding carboxylic acids is 1. The van der Waals surface area contributed by atoms with Crippen LogP contribution in [-0.4, -0.2) is 53.8 Å². The summed E-state index contributed by atoms with van der Waals surface area (Å²) in [6.45, 7) is 4.20. The van der Waals surface area contributed by atoms with Gasteiger partial charge < -0.3 is 15.4 Å². The average Bonchev–Trinajstić information content (AvgIpc) is 2.75. The van der Waals surface area contributed by atoms with Crippen molar-refractivity contribution in [3.63, 3.8) is 0 Å². The Hall–Kier alpha value is -2.44. The van der Waals surface area contributed by atoms with E-state index in [4.69, 9.17) is 27.1 Å². The molecule has 6 nitrogen and oxygen atoms in total. The molecule has 2 aliphatic rings. The van der Waals surface area contributed by atoms with Gasteiger partial charge in [-0.05, 0) is 25.0 Å². The number of likely N-dealkylation sites (tertiary alicyclic amines) is 1. The zero-order valence-electron chi connectivity index (χ0n) is 16.5. The molecule has 2 fully saturated rings. The van der Waals surface area contributed by atoms with Gasteiger partial charge >= 0.3 is 0 Å². The number of nitrogens with zero attached hydrogens (tertiary/aromatic N) is 3. The Balaban J connectivity index is 1.81. The van der Waals surface area contributed by atoms with Gasteiger partial charge in [0.25, 0.3) is 0 Å². The van der Waals surface area contributed by atoms with E-state index in [-0.39, 0.29) is 11.9 Å². The molecule has 0 spiro atoms. The third-order valence-electron chi connectivity index (χ3n) is 5.67. The topological polar surface area (TPSA) is 80.8 Å². The van der Waals surface area contributed by atoms with Gasteiger partial charge in [0.05, 0.1) is 6.04 Å². The highest BCUT2D eigenvalue weighted by molar-refractivity contribution is 6.35. The summed E-state index contributed by atoms with van der Waals surface area (Å²) < 4.78 is 5.46. The second-order valence-corrected chi connectivity index (χ2v) is 7.93. The first kappa shape index (κ1) is 19.9. The molecule has 2 aliphatic heterocycles. The van der Waals surface area contributed by atoms with Crippen LogP contribution in [0.4, 0.5) is 0 Å². The molecule has 1 amide bonds. The van der Waals surface area contributed by atoms with Gasteiger partial charge in [0.1, 0.15) is 0 Å². The van der Waals surface area contributed by atoms with E-state index in [0.29, 0.717) is 30.2 Å². The SMILES string of the molecule is CC(=O)N1CCC(=NC2CCOCC2)C(=C(N)c2ccc(Cl)c3ccncc23)C1. The molecule has 3 heterocycles. The highest BCUT2D eigenvalue weighted by atomic mass is 35.5. The van der Waals surface area contributed by atoms with E-state index < -0.39 is 0 Å². The molecule has 0 bridgehead atoms. The standard InChI is InChI=1S/C22H25ClN4O2/c1-14(28)27-9-5-21(26-15-6-10-29-11-7-15)19(13-27)22(24)17-2-3-20(23)16-4-8-25-12-18(16)17/h2-4,8,12,15H,5-7,9-11,13,24H2,1H3. The van der Waals surface area contributed by atoms with E-state index in [1.54, 1.807) is 19.3 Å². The van der Waals surface area contributed by atoms with Crippen molar-refractivity contribution in [2.75, 3.05) is 26.3 Å². The number of carbonyl (C=O) groups is 1. The minimum atomic E-state index is 0.0445. The van der Waals surface area contributed by atoms with Gasteiger partial charge in [0.15, 0.2) is 0 Å². The quantitative estimate of drug-likeness (QED) is 0.819. The van der Waals surface area contributed by atoms with Gasteiger partial charge in [0.2, 0.25) is 5.91 Å². The number of nitrogens with two attached hydrogens (primary N) is 1. The molecule has 29 heavy (non-hydrogen) atoms. The average molecular weight is 413 g/mol. The first-order valence-electron chi connectivity index (χ1n) is 9.96. The molecular formula is C22H25ClN4O2. The van der Waals surface area contributed by atoms with Crippen LogP contribution in [0, 0.1) is 0 Å². The van der Waals surface area contributed by atoms with Crippen LogP contribution in [0.15, 0.2) is 41.2 Å². The van der Waals surface area contributed by atoms with Crippen LogP contribution in [0.25, 0.3) is 16.5 Å². The Morgan fingerprint density at radius 3 is 2.83 bits per heavy atom. The minimum absolute atomic E-state index is 0.0445. The smallest absolute Gasteiger partial charge is 0.219 e. The lowest BCUT2D eigenvalue weighted by atomic mass is 9.94. The molecule has 0 unspecified atom stereocenters. The highest BCUT2D eigenvalue weighted by Crippen LogP contribution is 2.31. The summed E-state index contributed by atoms with van der Waals surface area (Å²) in [5.74, 6) is 0.0445. The summed E-state index contributed by atoms with van der Waals surface area (Å²) in [5.41, 5.74) is 10.1. The second kappa shape index (κ2) is 8.51. The van der Waals surface area contributed by atoms with Gasteiger partial charge in [0, 0.05) is 90.4 Å². The van der Waals surface area contributed by atoms with Crippen LogP contribution in [0.3, 0.4) is 0 Å². The van der Waals surface area contributed by atoms with Crippen molar-refractivity contribution in [2.45, 2.75) is 32.2 Å². The van der Waals surface area contributed by atoms with Crippen molar-refractivity contribution < 1.29 is 9.53 Å². The van der Waals surface area contributed by atoms with Gasteiger partial charge in [-0.15, -0.1) is 0 Å². The molecule has 2 N–H and O–H groups in total. The normalized spacial score (nSPS) is 21.6. The molecule has 2 aromatic rings. The molecule has 0 aliphatic carbocycles. The number of amides is 1. The van der Waals surface area contributed by atoms with Crippen LogP contribution in [0.2, 0.25) is 5.02 Å². The lowest BCUT2D eigenvalue weighted by molar-refractivity contribution is -0.128. The van der Waals surface area contributed by atoms with Gasteiger partial charge in [-0.25, -0.2) is 0 Å². The van der Waals surface area contributed by atoms with Crippen LogP contribution in [0.1, 0.15) is 31.7 Å². The fraction of sp³-hybridized carbons (Fsp3) is 0.409. The second-order valence-electron chi connectivity index (χ2n) is 7.52. The minimum Gasteiger partial charge on any atom is -0.398 e. The van der Waals surface area contributed by atoms with E-state index >= 15 is 0 Å². The molecule has 4 rings (SSSR count). The number of ether oxygens (including phenoxy) is 1. The summed E-state index contributed by atoms with van der Waals surface area (Å²) in [5, 5.41) is 2.47. The maximum atomic E-state index is 12.0. The molecule has 7 heteroatoms. The highest BCUT2D eigenvalue weighted by Gasteiger charge is 2.26. The van der Waals surface area contributed by atoms with E-state index in [2.05, 4.69) is 4.98 Å². The monoisotopic (exact) mass is 412 g/mol. The van der Waals surface area contributed by atoms with Crippen LogP contribution < -0.4 is 5.73 Å². The zero-order valence-corrected chi connectivity index (χ0v) is 17.3. The largest absolute Gasteiger partial charge is 0.398 e. The fourth-order valence-electron chi connectivity index (χ4n) is 3.99. The number of fused-ring (bicyclic) bond motifs is 1. The third kappa shape index (κ3) is 4.14. The van der Waals surface area contributed by atoms with Crippen molar-refractivity contribution in [3.8, 4) is 0 Å². The van der Waals surface area contributed by atoms with Crippen LogP contribution >= 0.6 is 11.6 Å². The Kier molecular flexibility index (Phi) is 5.83. The van der Waals surface area contributed by atoms with E-state index in [9.17, 15) is 4.79 Å². The molecule has 0 saturated carbocycles. The van der Waals surface area contributed by atoms with Gasteiger partial charge in [-0.3, -0.25) is 14.8 Å². The van der Waals surface area contributed by atoms with Crippen molar-refractivity contribution in [3.05, 3.63) is 46.8 Å². The Labute approximate surface area is 175 Å². The van der Waals surface area contributed by atoms with Crippen molar-refractivity contribution >= 4 is 39.7 Å². The van der Waals surface area contributed by atoms with Crippen LogP contribution in [0.5, 0.6) is 0 Å². The molecule has 1 aromatic carbocycles. The predicted octanol–water partition coefficient (Wildman–Crippen LogP) is 3.43. The number of hydrogen-bond donors (Lipinski definition) is 1. The van der Waals surface area contributed by atoms with Crippen molar-refractivity contribution in [1.29, 1.82) is 0 Å². The lowest BCUT2D eigenvalue weighted by Crippen LogP contribution is -2.40. The summed E-state index contributed by atoms with van der Waals surface area (Å²) in [6.07, 6.45) is 6.04. The molecule has 0 radical (unpaired) electrons. The first-order valence-corrected chi connectivity index (χ1v) is 10.3. The first-order chi connectivity index (χ1) is 14.0. The Bertz CT molecular complexity index is 995. The third-order valence-corrected chi connectivity index (χ3v) is 6.00. The Morgan fingerprint density at radius 2 is 2.07 bits per heavy atom. The summed E-state index contributed by atoms with van der Waals surface area (Å²) >= 11 is 6.37. The van der Waals surface area contributed by atoms with E-state index in [1.165, 1.54) is 0 Å². The number of halogens is 1. The lowest BCUT2D eigenvalue weighted by Gasteiger charge is -2.31. The Morgan fingerprint density at radius 1 is 1.28 bits per heavy atom. The van der Waals surface area contributed by atoms with Crippen LogP contribution in [-0.2, 0) is 9.53 Å². The molecular weight excluding hydrogens is 388 g/mol. The maximum Gasteiger partial charge on any atom is 0.219 e. The number of rotatable bonds is 2. The number of aliphatic imine (C=N–C) groups is 1. The maximum absolute atomic E-state index is 12.0. The number of aromatic nitrogens is 1. The number of benzene rings is 1. The van der Waals surface area contributed by atoms with Crippen molar-refractivity contribution in [1.82, 2.24) is 9.88 Å². The summed E-state index contributed by atoms with van der Waals surface area (Å²) in [6, 6.07) is 5.91. The fourth-order valence-corrected chi connectivity index (χ4v) is 4.22. The number of hydrogen-bond acceptors (Lipinski definition) is 5.